The molecule has 2 rings (SSSR count). The van der Waals surface area contributed by atoms with Crippen molar-refractivity contribution in [3.8, 4) is 6.07 Å². The van der Waals surface area contributed by atoms with E-state index in [-0.39, 0.29) is 11.8 Å². The summed E-state index contributed by atoms with van der Waals surface area (Å²) in [6.07, 6.45) is 1.60. The number of nitriles is 1. The quantitative estimate of drug-likeness (QED) is 0.890. The SMILES string of the molecule is N#Cc1ccc(NC2C=CS(=O)(=O)C2)cc1Cl. The molecule has 0 amide bonds. The average molecular weight is 269 g/mol. The lowest BCUT2D eigenvalue weighted by Crippen LogP contribution is -2.20. The number of nitrogens with one attached hydrogen (secondary N) is 1. The second-order valence-electron chi connectivity index (χ2n) is 3.72. The van der Waals surface area contributed by atoms with Crippen LogP contribution in [-0.2, 0) is 9.84 Å². The van der Waals surface area contributed by atoms with Crippen LogP contribution in [0.3, 0.4) is 0 Å². The number of anilines is 1. The smallest absolute Gasteiger partial charge is 0.173 e. The van der Waals surface area contributed by atoms with Crippen molar-refractivity contribution in [1.82, 2.24) is 0 Å². The molecule has 0 fully saturated rings. The molecule has 0 bridgehead atoms. The monoisotopic (exact) mass is 268 g/mol. The predicted molar refractivity (Wildman–Crippen MR) is 66.5 cm³/mol. The molecule has 0 aliphatic carbocycles. The van der Waals surface area contributed by atoms with Gasteiger partial charge in [0.1, 0.15) is 6.07 Å². The van der Waals surface area contributed by atoms with Crippen molar-refractivity contribution >= 4 is 27.1 Å². The minimum atomic E-state index is -3.07. The highest BCUT2D eigenvalue weighted by Crippen LogP contribution is 2.22. The Morgan fingerprint density at radius 3 is 2.76 bits per heavy atom. The van der Waals surface area contributed by atoms with E-state index >= 15 is 0 Å². The van der Waals surface area contributed by atoms with Crippen LogP contribution in [0.1, 0.15) is 5.56 Å². The Morgan fingerprint density at radius 1 is 1.47 bits per heavy atom. The lowest BCUT2D eigenvalue weighted by Gasteiger charge is -2.11. The van der Waals surface area contributed by atoms with Crippen LogP contribution in [0.15, 0.2) is 29.7 Å². The van der Waals surface area contributed by atoms with Gasteiger partial charge in [0.05, 0.1) is 22.4 Å². The van der Waals surface area contributed by atoms with Crippen molar-refractivity contribution in [3.05, 3.63) is 40.3 Å². The van der Waals surface area contributed by atoms with E-state index in [0.717, 1.165) is 0 Å². The van der Waals surface area contributed by atoms with E-state index < -0.39 is 9.84 Å². The summed E-state index contributed by atoms with van der Waals surface area (Å²) in [6.45, 7) is 0. The van der Waals surface area contributed by atoms with Crippen molar-refractivity contribution in [2.24, 2.45) is 0 Å². The zero-order chi connectivity index (χ0) is 12.5. The van der Waals surface area contributed by atoms with E-state index in [1.165, 1.54) is 5.41 Å². The third-order valence-electron chi connectivity index (χ3n) is 2.37. The summed E-state index contributed by atoms with van der Waals surface area (Å²) < 4.78 is 22.4. The zero-order valence-electron chi connectivity index (χ0n) is 8.72. The number of hydrogen-bond acceptors (Lipinski definition) is 4. The molecule has 0 spiro atoms. The van der Waals surface area contributed by atoms with Crippen LogP contribution >= 0.6 is 11.6 Å². The van der Waals surface area contributed by atoms with Gasteiger partial charge in [-0.25, -0.2) is 8.42 Å². The molecular formula is C11H9ClN2O2S. The van der Waals surface area contributed by atoms with Gasteiger partial charge in [-0.15, -0.1) is 0 Å². The van der Waals surface area contributed by atoms with Crippen LogP contribution in [0.2, 0.25) is 5.02 Å². The summed E-state index contributed by atoms with van der Waals surface area (Å²) >= 11 is 5.87. The third-order valence-corrected chi connectivity index (χ3v) is 4.08. The van der Waals surface area contributed by atoms with Crippen molar-refractivity contribution in [2.45, 2.75) is 6.04 Å². The summed E-state index contributed by atoms with van der Waals surface area (Å²) in [7, 11) is -3.07. The number of hydrogen-bond donors (Lipinski definition) is 1. The fourth-order valence-corrected chi connectivity index (χ4v) is 3.03. The van der Waals surface area contributed by atoms with Crippen molar-refractivity contribution in [3.63, 3.8) is 0 Å². The van der Waals surface area contributed by atoms with Crippen molar-refractivity contribution in [1.29, 1.82) is 5.26 Å². The van der Waals surface area contributed by atoms with Gasteiger partial charge in [-0.1, -0.05) is 17.7 Å². The summed E-state index contributed by atoms with van der Waals surface area (Å²) in [5.74, 6) is 0.0463. The van der Waals surface area contributed by atoms with Crippen LogP contribution < -0.4 is 5.32 Å². The van der Waals surface area contributed by atoms with Gasteiger partial charge in [0.25, 0.3) is 0 Å². The number of rotatable bonds is 2. The maximum absolute atomic E-state index is 11.2. The lowest BCUT2D eigenvalue weighted by atomic mass is 10.2. The average Bonchev–Trinajstić information content (AvgIpc) is 2.58. The minimum Gasteiger partial charge on any atom is -0.378 e. The normalized spacial score (nSPS) is 21.1. The fourth-order valence-electron chi connectivity index (χ4n) is 1.58. The lowest BCUT2D eigenvalue weighted by molar-refractivity contribution is 0.605. The zero-order valence-corrected chi connectivity index (χ0v) is 10.3. The molecule has 0 saturated heterocycles. The number of sulfone groups is 1. The Kier molecular flexibility index (Phi) is 3.09. The van der Waals surface area contributed by atoms with E-state index in [2.05, 4.69) is 5.32 Å². The van der Waals surface area contributed by atoms with Gasteiger partial charge in [-0.05, 0) is 18.2 Å². The fraction of sp³-hybridized carbons (Fsp3) is 0.182. The number of halogens is 1. The van der Waals surface area contributed by atoms with Crippen LogP contribution in [0.5, 0.6) is 0 Å². The maximum atomic E-state index is 11.2. The molecule has 1 heterocycles. The highest BCUT2D eigenvalue weighted by molar-refractivity contribution is 7.94. The molecule has 4 nitrogen and oxygen atoms in total. The molecule has 1 aliphatic heterocycles. The first-order valence-corrected chi connectivity index (χ1v) is 6.97. The topological polar surface area (TPSA) is 70.0 Å². The molecular weight excluding hydrogens is 260 g/mol. The van der Waals surface area contributed by atoms with E-state index in [1.54, 1.807) is 24.3 Å². The molecule has 1 unspecified atom stereocenters. The van der Waals surface area contributed by atoms with Gasteiger partial charge in [-0.3, -0.25) is 0 Å². The van der Waals surface area contributed by atoms with Crippen molar-refractivity contribution in [2.75, 3.05) is 11.1 Å². The first kappa shape index (κ1) is 12.0. The summed E-state index contributed by atoms with van der Waals surface area (Å²) in [5, 5.41) is 13.3. The van der Waals surface area contributed by atoms with Gasteiger partial charge in [0.15, 0.2) is 9.84 Å². The molecule has 0 saturated carbocycles. The van der Waals surface area contributed by atoms with E-state index in [9.17, 15) is 8.42 Å². The largest absolute Gasteiger partial charge is 0.378 e. The van der Waals surface area contributed by atoms with Gasteiger partial charge in [0, 0.05) is 11.1 Å². The molecule has 17 heavy (non-hydrogen) atoms. The first-order valence-electron chi connectivity index (χ1n) is 4.87. The van der Waals surface area contributed by atoms with Crippen LogP contribution in [0, 0.1) is 11.3 Å². The van der Waals surface area contributed by atoms with Crippen LogP contribution in [-0.4, -0.2) is 20.2 Å². The molecule has 0 aromatic heterocycles. The van der Waals surface area contributed by atoms with E-state index in [0.29, 0.717) is 16.3 Å². The van der Waals surface area contributed by atoms with Crippen LogP contribution in [0.25, 0.3) is 0 Å². The van der Waals surface area contributed by atoms with Crippen molar-refractivity contribution < 1.29 is 8.42 Å². The highest BCUT2D eigenvalue weighted by atomic mass is 35.5. The molecule has 1 atom stereocenters. The van der Waals surface area contributed by atoms with E-state index in [4.69, 9.17) is 16.9 Å². The maximum Gasteiger partial charge on any atom is 0.173 e. The molecule has 1 aromatic carbocycles. The predicted octanol–water partition coefficient (Wildman–Crippen LogP) is 1.93. The third kappa shape index (κ3) is 2.78. The Bertz CT molecular complexity index is 617. The first-order chi connectivity index (χ1) is 8.00. The second-order valence-corrected chi connectivity index (χ2v) is 6.05. The molecule has 6 heteroatoms. The molecule has 88 valence electrons. The van der Waals surface area contributed by atoms with E-state index in [1.807, 2.05) is 6.07 Å². The van der Waals surface area contributed by atoms with Gasteiger partial charge in [0.2, 0.25) is 0 Å². The molecule has 0 radical (unpaired) electrons. The molecule has 1 N–H and O–H groups in total. The minimum absolute atomic E-state index is 0.0463. The second kappa shape index (κ2) is 4.40. The van der Waals surface area contributed by atoms with Gasteiger partial charge < -0.3 is 5.32 Å². The summed E-state index contributed by atoms with van der Waals surface area (Å²) in [4.78, 5) is 0. The number of benzene rings is 1. The summed E-state index contributed by atoms with van der Waals surface area (Å²) in [6, 6.07) is 6.62. The molecule has 1 aliphatic rings. The standard InChI is InChI=1S/C11H9ClN2O2S/c12-11-5-9(2-1-8(11)6-13)14-10-3-4-17(15,16)7-10/h1-5,10,14H,7H2. The Morgan fingerprint density at radius 2 is 2.24 bits per heavy atom. The molecule has 1 aromatic rings. The Balaban J connectivity index is 2.14. The number of nitrogens with zero attached hydrogens (tertiary/aromatic N) is 1. The summed E-state index contributed by atoms with van der Waals surface area (Å²) in [5.41, 5.74) is 1.09. The van der Waals surface area contributed by atoms with Gasteiger partial charge >= 0.3 is 0 Å². The Hall–Kier alpha value is -1.51. The highest BCUT2D eigenvalue weighted by Gasteiger charge is 2.21. The Labute approximate surface area is 104 Å². The van der Waals surface area contributed by atoms with Crippen LogP contribution in [0.4, 0.5) is 5.69 Å². The van der Waals surface area contributed by atoms with Gasteiger partial charge in [-0.2, -0.15) is 5.26 Å².